The molecule has 74 valence electrons. The van der Waals surface area contributed by atoms with Crippen molar-refractivity contribution in [2.75, 3.05) is 6.54 Å². The van der Waals surface area contributed by atoms with E-state index in [0.717, 1.165) is 0 Å². The zero-order chi connectivity index (χ0) is 10.0. The quantitative estimate of drug-likeness (QED) is 0.568. The fourth-order valence-corrected chi connectivity index (χ4v) is 1.82. The maximum absolute atomic E-state index is 11.3. The molecule has 1 fully saturated rings. The molecular formula is C9H15NO3. The van der Waals surface area contributed by atoms with E-state index in [1.54, 1.807) is 6.92 Å². The number of carbonyl (C=O) groups excluding carboxylic acids is 2. The largest absolute Gasteiger partial charge is 0.391 e. The first-order valence-corrected chi connectivity index (χ1v) is 4.53. The zero-order valence-corrected chi connectivity index (χ0v) is 7.69. The number of hydrogen-bond donors (Lipinski definition) is 2. The Morgan fingerprint density at radius 2 is 2.23 bits per heavy atom. The van der Waals surface area contributed by atoms with Gasteiger partial charge in [-0.15, -0.1) is 0 Å². The third-order valence-corrected chi connectivity index (χ3v) is 2.77. The highest BCUT2D eigenvalue weighted by molar-refractivity contribution is 6.38. The maximum Gasteiger partial charge on any atom is 0.201 e. The van der Waals surface area contributed by atoms with E-state index in [2.05, 4.69) is 0 Å². The van der Waals surface area contributed by atoms with E-state index in [-0.39, 0.29) is 36.4 Å². The van der Waals surface area contributed by atoms with Gasteiger partial charge < -0.3 is 10.8 Å². The summed E-state index contributed by atoms with van der Waals surface area (Å²) < 4.78 is 0. The average Bonchev–Trinajstić information content (AvgIpc) is 2.13. The van der Waals surface area contributed by atoms with Gasteiger partial charge in [0.05, 0.1) is 6.10 Å². The summed E-state index contributed by atoms with van der Waals surface area (Å²) >= 11 is 0. The summed E-state index contributed by atoms with van der Waals surface area (Å²) in [6.07, 6.45) is 0.168. The number of nitrogens with two attached hydrogens (primary N) is 1. The van der Waals surface area contributed by atoms with E-state index in [4.69, 9.17) is 5.73 Å². The van der Waals surface area contributed by atoms with Gasteiger partial charge in [-0.1, -0.05) is 6.92 Å². The molecule has 1 saturated carbocycles. The van der Waals surface area contributed by atoms with Crippen LogP contribution >= 0.6 is 0 Å². The smallest absolute Gasteiger partial charge is 0.201 e. The third kappa shape index (κ3) is 1.95. The molecule has 3 atom stereocenters. The second kappa shape index (κ2) is 3.98. The molecule has 0 aliphatic heterocycles. The van der Waals surface area contributed by atoms with Crippen molar-refractivity contribution in [2.24, 2.45) is 17.6 Å². The van der Waals surface area contributed by atoms with Crippen LogP contribution in [-0.4, -0.2) is 29.3 Å². The molecule has 0 saturated heterocycles. The molecule has 3 unspecified atom stereocenters. The van der Waals surface area contributed by atoms with Crippen molar-refractivity contribution in [1.29, 1.82) is 0 Å². The summed E-state index contributed by atoms with van der Waals surface area (Å²) in [4.78, 5) is 22.3. The molecule has 0 radical (unpaired) electrons. The summed E-state index contributed by atoms with van der Waals surface area (Å²) in [5, 5.41) is 9.47. The minimum Gasteiger partial charge on any atom is -0.391 e. The molecule has 1 aliphatic carbocycles. The Bertz CT molecular complexity index is 227. The zero-order valence-electron chi connectivity index (χ0n) is 7.69. The molecule has 1 aliphatic rings. The van der Waals surface area contributed by atoms with Crippen LogP contribution in [0.4, 0.5) is 0 Å². The predicted octanol–water partition coefficient (Wildman–Crippen LogP) is -0.510. The minimum absolute atomic E-state index is 0.143. The highest BCUT2D eigenvalue weighted by atomic mass is 16.3. The Morgan fingerprint density at radius 1 is 1.62 bits per heavy atom. The molecular weight excluding hydrogens is 170 g/mol. The minimum atomic E-state index is -0.660. The summed E-state index contributed by atoms with van der Waals surface area (Å²) in [7, 11) is 0. The van der Waals surface area contributed by atoms with E-state index in [1.807, 2.05) is 0 Å². The maximum atomic E-state index is 11.3. The van der Waals surface area contributed by atoms with E-state index >= 15 is 0 Å². The Balaban J connectivity index is 2.69. The van der Waals surface area contributed by atoms with E-state index in [1.165, 1.54) is 0 Å². The molecule has 0 aromatic heterocycles. The molecule has 1 rings (SSSR count). The molecule has 0 amide bonds. The molecule has 0 heterocycles. The Kier molecular flexibility index (Phi) is 3.17. The lowest BCUT2D eigenvalue weighted by atomic mass is 9.76. The molecule has 4 nitrogen and oxygen atoms in total. The summed E-state index contributed by atoms with van der Waals surface area (Å²) in [5.74, 6) is -1.19. The third-order valence-electron chi connectivity index (χ3n) is 2.77. The van der Waals surface area contributed by atoms with E-state index < -0.39 is 6.10 Å². The van der Waals surface area contributed by atoms with Crippen LogP contribution in [0.25, 0.3) is 0 Å². The van der Waals surface area contributed by atoms with Crippen molar-refractivity contribution in [2.45, 2.75) is 25.9 Å². The van der Waals surface area contributed by atoms with Crippen LogP contribution in [0, 0.1) is 11.8 Å². The monoisotopic (exact) mass is 185 g/mol. The number of aliphatic hydroxyl groups is 1. The fourth-order valence-electron chi connectivity index (χ4n) is 1.82. The molecule has 0 aromatic rings. The average molecular weight is 185 g/mol. The van der Waals surface area contributed by atoms with Gasteiger partial charge in [-0.05, 0) is 12.3 Å². The Morgan fingerprint density at radius 3 is 2.77 bits per heavy atom. The van der Waals surface area contributed by atoms with Crippen LogP contribution in [0.3, 0.4) is 0 Å². The number of Topliss-reactive ketones (excluding diaryl/α,β-unsaturated/α-hetero) is 2. The van der Waals surface area contributed by atoms with Crippen LogP contribution < -0.4 is 5.73 Å². The first-order valence-electron chi connectivity index (χ1n) is 4.53. The second-order valence-corrected chi connectivity index (χ2v) is 3.58. The number of aliphatic hydroxyl groups excluding tert-OH is 1. The molecule has 0 aromatic carbocycles. The molecule has 13 heavy (non-hydrogen) atoms. The van der Waals surface area contributed by atoms with Crippen molar-refractivity contribution in [3.05, 3.63) is 0 Å². The van der Waals surface area contributed by atoms with Crippen LogP contribution in [0.2, 0.25) is 0 Å². The summed E-state index contributed by atoms with van der Waals surface area (Å²) in [5.41, 5.74) is 5.30. The fraction of sp³-hybridized carbons (Fsp3) is 0.778. The van der Waals surface area contributed by atoms with Crippen molar-refractivity contribution in [3.63, 3.8) is 0 Å². The molecule has 3 N–H and O–H groups in total. The highest BCUT2D eigenvalue weighted by Gasteiger charge is 2.36. The lowest BCUT2D eigenvalue weighted by Gasteiger charge is -2.29. The first-order chi connectivity index (χ1) is 6.07. The first kappa shape index (κ1) is 10.3. The van der Waals surface area contributed by atoms with E-state index in [9.17, 15) is 14.7 Å². The van der Waals surface area contributed by atoms with Gasteiger partial charge in [0.1, 0.15) is 0 Å². The second-order valence-electron chi connectivity index (χ2n) is 3.58. The normalized spacial score (nSPS) is 31.9. The van der Waals surface area contributed by atoms with Crippen molar-refractivity contribution in [1.82, 2.24) is 0 Å². The SMILES string of the molecule is CC1C(=O)C(=O)CCC1C(O)CN. The Hall–Kier alpha value is -0.740. The van der Waals surface area contributed by atoms with Gasteiger partial charge >= 0.3 is 0 Å². The number of hydrogen-bond acceptors (Lipinski definition) is 4. The topological polar surface area (TPSA) is 80.4 Å². The highest BCUT2D eigenvalue weighted by Crippen LogP contribution is 2.27. The molecule has 4 heteroatoms. The lowest BCUT2D eigenvalue weighted by molar-refractivity contribution is -0.143. The van der Waals surface area contributed by atoms with Gasteiger partial charge in [-0.2, -0.15) is 0 Å². The van der Waals surface area contributed by atoms with Crippen LogP contribution in [-0.2, 0) is 9.59 Å². The van der Waals surface area contributed by atoms with Gasteiger partial charge in [0.25, 0.3) is 0 Å². The summed E-state index contributed by atoms with van der Waals surface area (Å²) in [6, 6.07) is 0. The number of carbonyl (C=O) groups is 2. The predicted molar refractivity (Wildman–Crippen MR) is 47.0 cm³/mol. The molecule has 0 bridgehead atoms. The van der Waals surface area contributed by atoms with Gasteiger partial charge in [0.15, 0.2) is 5.78 Å². The van der Waals surface area contributed by atoms with Gasteiger partial charge in [0, 0.05) is 18.9 Å². The van der Waals surface area contributed by atoms with Gasteiger partial charge in [0.2, 0.25) is 5.78 Å². The van der Waals surface area contributed by atoms with Crippen molar-refractivity contribution < 1.29 is 14.7 Å². The van der Waals surface area contributed by atoms with Crippen LogP contribution in [0.15, 0.2) is 0 Å². The van der Waals surface area contributed by atoms with Crippen molar-refractivity contribution >= 4 is 11.6 Å². The number of rotatable bonds is 2. The van der Waals surface area contributed by atoms with Crippen molar-refractivity contribution in [3.8, 4) is 0 Å². The van der Waals surface area contributed by atoms with Crippen LogP contribution in [0.1, 0.15) is 19.8 Å². The summed E-state index contributed by atoms with van der Waals surface area (Å²) in [6.45, 7) is 1.83. The Labute approximate surface area is 77.1 Å². The standard InChI is InChI=1S/C9H15NO3/c1-5-6(8(12)4-10)2-3-7(11)9(5)13/h5-6,8,12H,2-4,10H2,1H3. The number of ketones is 2. The van der Waals surface area contributed by atoms with Gasteiger partial charge in [-0.25, -0.2) is 0 Å². The van der Waals surface area contributed by atoms with Crippen LogP contribution in [0.5, 0.6) is 0 Å². The molecule has 0 spiro atoms. The lowest BCUT2D eigenvalue weighted by Crippen LogP contribution is -2.42. The van der Waals surface area contributed by atoms with E-state index in [0.29, 0.717) is 6.42 Å². The van der Waals surface area contributed by atoms with Gasteiger partial charge in [-0.3, -0.25) is 9.59 Å².